The van der Waals surface area contributed by atoms with E-state index in [9.17, 15) is 19.2 Å². The van der Waals surface area contributed by atoms with Crippen LogP contribution in [0.5, 0.6) is 0 Å². The Balaban J connectivity index is 0.000000213. The lowest BCUT2D eigenvalue weighted by molar-refractivity contribution is -0.133. The summed E-state index contributed by atoms with van der Waals surface area (Å²) in [6.45, 7) is 6.26. The van der Waals surface area contributed by atoms with Crippen LogP contribution in [0, 0.1) is 0 Å². The number of aliphatic imine (C=N–C) groups is 2. The van der Waals surface area contributed by atoms with E-state index in [-0.39, 0.29) is 71.6 Å². The van der Waals surface area contributed by atoms with E-state index in [4.69, 9.17) is 22.9 Å². The molecule has 2 aliphatic heterocycles. The molecule has 0 radical (unpaired) electrons. The van der Waals surface area contributed by atoms with Crippen molar-refractivity contribution < 1.29 is 19.2 Å². The first-order valence-electron chi connectivity index (χ1n) is 31.6. The number of benzene rings is 8. The smallest absolute Gasteiger partial charge is 0.239 e. The predicted octanol–water partition coefficient (Wildman–Crippen LogP) is 8.66. The zero-order valence-electron chi connectivity index (χ0n) is 51.9. The van der Waals surface area contributed by atoms with Crippen molar-refractivity contribution >= 4 is 57.1 Å². The second kappa shape index (κ2) is 32.7. The number of nitrogens with zero attached hydrogens (tertiary/aromatic N) is 4. The first-order chi connectivity index (χ1) is 43.7. The molecule has 10 rings (SSSR count). The van der Waals surface area contributed by atoms with Gasteiger partial charge in [-0.1, -0.05) is 206 Å². The molecule has 6 atom stereocenters. The molecule has 0 unspecified atom stereocenters. The van der Waals surface area contributed by atoms with E-state index in [1.54, 1.807) is 13.8 Å². The lowest BCUT2D eigenvalue weighted by Gasteiger charge is -2.30. The average Bonchev–Trinajstić information content (AvgIpc) is 4.11. The Kier molecular flexibility index (Phi) is 23.7. The average molecular weight is 1210 g/mol. The third kappa shape index (κ3) is 18.8. The van der Waals surface area contributed by atoms with Gasteiger partial charge in [0, 0.05) is 89.1 Å². The van der Waals surface area contributed by atoms with Crippen molar-refractivity contribution in [2.24, 2.45) is 32.9 Å². The Morgan fingerprint density at radius 1 is 0.467 bits per heavy atom. The highest BCUT2D eigenvalue weighted by atomic mass is 16.2. The van der Waals surface area contributed by atoms with Gasteiger partial charge in [-0.05, 0) is 106 Å². The lowest BCUT2D eigenvalue weighted by Crippen LogP contribution is -2.54. The Hall–Kier alpha value is -9.38. The molecule has 0 saturated carbocycles. The van der Waals surface area contributed by atoms with E-state index in [0.29, 0.717) is 90.6 Å². The van der Waals surface area contributed by atoms with Crippen molar-refractivity contribution in [2.45, 2.75) is 113 Å². The van der Waals surface area contributed by atoms with Gasteiger partial charge in [0.15, 0.2) is 11.9 Å². The molecular formula is C74H88N12O4. The number of fused-ring (bicyclic) bond motifs is 2. The summed E-state index contributed by atoms with van der Waals surface area (Å²) in [6, 6.07) is 69.4. The SMILES string of the molecule is CC(=O)N[C@@H](Cc1ccc2ccccc2c1)[C@@H]1CCN(CC(c2ccccc2)c2ccccc2)C(=O)[C@H](CCCN=C(N)N)N1.CC(=O)N[C@@H](Cc1ccc2ccccc2c1)[C@H]1CCN(CC(c2ccccc2)c2ccccc2)C(=O)[C@H](CCCN=C(N)N)N1. The molecule has 2 aliphatic rings. The summed E-state index contributed by atoms with van der Waals surface area (Å²) in [7, 11) is 0. The van der Waals surface area contributed by atoms with Gasteiger partial charge < -0.3 is 54.0 Å². The number of guanidine groups is 2. The molecule has 12 N–H and O–H groups in total. The minimum Gasteiger partial charge on any atom is -0.370 e. The van der Waals surface area contributed by atoms with Crippen LogP contribution in [0.3, 0.4) is 0 Å². The Morgan fingerprint density at radius 2 is 0.789 bits per heavy atom. The van der Waals surface area contributed by atoms with Crippen LogP contribution in [0.25, 0.3) is 21.5 Å². The van der Waals surface area contributed by atoms with Crippen LogP contribution >= 0.6 is 0 Å². The molecule has 0 aliphatic carbocycles. The molecule has 16 nitrogen and oxygen atoms in total. The maximum absolute atomic E-state index is 14.3. The number of carbonyl (C=O) groups excluding carboxylic acids is 4. The van der Waals surface area contributed by atoms with Gasteiger partial charge in [-0.2, -0.15) is 0 Å². The highest BCUT2D eigenvalue weighted by Gasteiger charge is 2.38. The van der Waals surface area contributed by atoms with Gasteiger partial charge in [-0.15, -0.1) is 0 Å². The predicted molar refractivity (Wildman–Crippen MR) is 364 cm³/mol. The maximum Gasteiger partial charge on any atom is 0.239 e. The van der Waals surface area contributed by atoms with Crippen LogP contribution < -0.4 is 44.2 Å². The molecule has 90 heavy (non-hydrogen) atoms. The number of carbonyl (C=O) groups is 4. The first kappa shape index (κ1) is 65.1. The van der Waals surface area contributed by atoms with E-state index in [1.165, 1.54) is 33.0 Å². The molecule has 0 aromatic heterocycles. The van der Waals surface area contributed by atoms with Crippen LogP contribution in [-0.4, -0.2) is 121 Å². The Morgan fingerprint density at radius 3 is 1.11 bits per heavy atom. The number of rotatable bonds is 24. The fraction of sp³-hybridized carbons (Fsp3) is 0.324. The summed E-state index contributed by atoms with van der Waals surface area (Å²) >= 11 is 0. The van der Waals surface area contributed by atoms with Gasteiger partial charge in [0.05, 0.1) is 12.1 Å². The molecule has 0 bridgehead atoms. The molecule has 0 spiro atoms. The van der Waals surface area contributed by atoms with Gasteiger partial charge >= 0.3 is 0 Å². The lowest BCUT2D eigenvalue weighted by atomic mass is 9.90. The summed E-state index contributed by atoms with van der Waals surface area (Å²) in [5.41, 5.74) is 29.2. The van der Waals surface area contributed by atoms with Crippen molar-refractivity contribution in [1.82, 2.24) is 31.1 Å². The monoisotopic (exact) mass is 1210 g/mol. The topological polar surface area (TPSA) is 252 Å². The minimum atomic E-state index is -0.438. The van der Waals surface area contributed by atoms with E-state index in [1.807, 2.05) is 107 Å². The number of amides is 4. The second-order valence-electron chi connectivity index (χ2n) is 23.8. The number of hydrogen-bond donors (Lipinski definition) is 8. The molecule has 8 aromatic rings. The molecule has 16 heteroatoms. The Bertz CT molecular complexity index is 3340. The molecule has 2 heterocycles. The van der Waals surface area contributed by atoms with E-state index in [0.717, 1.165) is 21.9 Å². The molecule has 8 aromatic carbocycles. The van der Waals surface area contributed by atoms with Crippen LogP contribution in [0.15, 0.2) is 216 Å². The van der Waals surface area contributed by atoms with Gasteiger partial charge in [0.1, 0.15) is 0 Å². The van der Waals surface area contributed by atoms with Crippen molar-refractivity contribution in [1.29, 1.82) is 0 Å². The van der Waals surface area contributed by atoms with Crippen LogP contribution in [0.1, 0.15) is 97.6 Å². The van der Waals surface area contributed by atoms with Crippen LogP contribution in [0.2, 0.25) is 0 Å². The van der Waals surface area contributed by atoms with Crippen LogP contribution in [-0.2, 0) is 32.0 Å². The fourth-order valence-electron chi connectivity index (χ4n) is 12.8. The highest BCUT2D eigenvalue weighted by molar-refractivity contribution is 5.85. The third-order valence-corrected chi connectivity index (χ3v) is 17.3. The molecular weight excluding hydrogens is 1120 g/mol. The fourth-order valence-corrected chi connectivity index (χ4v) is 12.8. The second-order valence-corrected chi connectivity index (χ2v) is 23.8. The highest BCUT2D eigenvalue weighted by Crippen LogP contribution is 2.30. The molecule has 4 amide bonds. The zero-order valence-corrected chi connectivity index (χ0v) is 51.9. The molecule has 2 saturated heterocycles. The molecule has 468 valence electrons. The summed E-state index contributed by atoms with van der Waals surface area (Å²) in [5.74, 6) is 0.0873. The quantitative estimate of drug-likeness (QED) is 0.0162. The van der Waals surface area contributed by atoms with Crippen molar-refractivity contribution in [3.8, 4) is 0 Å². The number of nitrogens with two attached hydrogens (primary N) is 4. The maximum atomic E-state index is 14.3. The van der Waals surface area contributed by atoms with Crippen LogP contribution in [0.4, 0.5) is 0 Å². The minimum absolute atomic E-state index is 0.0268. The van der Waals surface area contributed by atoms with Gasteiger partial charge in [-0.3, -0.25) is 29.2 Å². The standard InChI is InChI=1S/2C37H44N6O2/c2*1-26(44)41-35(24-27-18-19-28-11-8-9-16-31(28)23-27)33-20-22-43(36(45)34(42-33)17-10-21-40-37(38)39)25-32(29-12-4-2-5-13-29)30-14-6-3-7-15-30/h2*2-9,11-16,18-19,23,32-35,42H,10,17,20-22,24-25H2,1H3,(H,41,44)(H4,38,39,40)/t33-,34+,35+;33-,34-,35-/m10/s1. The first-order valence-corrected chi connectivity index (χ1v) is 31.6. The van der Waals surface area contributed by atoms with Crippen molar-refractivity contribution in [3.63, 3.8) is 0 Å². The number of hydrogen-bond acceptors (Lipinski definition) is 8. The number of nitrogens with one attached hydrogen (secondary N) is 4. The zero-order chi connectivity index (χ0) is 63.2. The van der Waals surface area contributed by atoms with Crippen molar-refractivity contribution in [3.05, 3.63) is 240 Å². The third-order valence-electron chi connectivity index (χ3n) is 17.3. The van der Waals surface area contributed by atoms with Gasteiger partial charge in [0.25, 0.3) is 0 Å². The summed E-state index contributed by atoms with van der Waals surface area (Å²) < 4.78 is 0. The van der Waals surface area contributed by atoms with Gasteiger partial charge in [0.2, 0.25) is 23.6 Å². The summed E-state index contributed by atoms with van der Waals surface area (Å²) in [6.07, 6.45) is 5.15. The van der Waals surface area contributed by atoms with E-state index >= 15 is 0 Å². The largest absolute Gasteiger partial charge is 0.370 e. The summed E-state index contributed by atoms with van der Waals surface area (Å²) in [4.78, 5) is 65.8. The Labute approximate surface area is 530 Å². The van der Waals surface area contributed by atoms with E-state index in [2.05, 4.69) is 140 Å². The van der Waals surface area contributed by atoms with E-state index < -0.39 is 12.1 Å². The van der Waals surface area contributed by atoms with Gasteiger partial charge in [-0.25, -0.2) is 0 Å². The van der Waals surface area contributed by atoms with Crippen molar-refractivity contribution in [2.75, 3.05) is 39.3 Å². The normalized spacial score (nSPS) is 17.6. The molecule has 2 fully saturated rings. The summed E-state index contributed by atoms with van der Waals surface area (Å²) in [5, 5.41) is 18.5.